The first-order valence-corrected chi connectivity index (χ1v) is 10.8. The van der Waals surface area contributed by atoms with Gasteiger partial charge in [0.25, 0.3) is 0 Å². The van der Waals surface area contributed by atoms with Gasteiger partial charge < -0.3 is 34.6 Å². The second kappa shape index (κ2) is 10.0. The fourth-order valence-electron chi connectivity index (χ4n) is 4.22. The summed E-state index contributed by atoms with van der Waals surface area (Å²) in [6, 6.07) is 9.81. The fraction of sp³-hybridized carbons (Fsp3) is 0.308. The van der Waals surface area contributed by atoms with Crippen molar-refractivity contribution in [3.05, 3.63) is 106 Å². The molecular weight excluding hydrogens is 424 g/mol. The molecule has 0 saturated heterocycles. The van der Waals surface area contributed by atoms with Crippen LogP contribution < -0.4 is 0 Å². The van der Waals surface area contributed by atoms with E-state index >= 15 is 0 Å². The van der Waals surface area contributed by atoms with E-state index in [1.165, 1.54) is 12.2 Å². The maximum Gasteiger partial charge on any atom is 0.160 e. The highest BCUT2D eigenvalue weighted by molar-refractivity contribution is 5.40. The van der Waals surface area contributed by atoms with Crippen LogP contribution in [0.25, 0.3) is 0 Å². The Morgan fingerprint density at radius 1 is 1.06 bits per heavy atom. The first kappa shape index (κ1) is 22.8. The summed E-state index contributed by atoms with van der Waals surface area (Å²) in [4.78, 5) is 0. The molecule has 7 nitrogen and oxygen atoms in total. The lowest BCUT2D eigenvalue weighted by atomic mass is 9.82. The lowest BCUT2D eigenvalue weighted by Crippen LogP contribution is -2.42. The van der Waals surface area contributed by atoms with E-state index in [0.29, 0.717) is 35.9 Å². The standard InChI is InChI=1S/C26H28O7/c1-31-22-9-7-17(8-10-23(22)32-15-16-5-3-2-4-6-16)26-21(14-27)25(30)20-12-18(28)11-19(29)13-24(20)33-26/h2-7,9-11,13,21,25-30H,8,12,14-15H2,1H3. The van der Waals surface area contributed by atoms with Crippen molar-refractivity contribution >= 4 is 0 Å². The number of benzene rings is 1. The minimum atomic E-state index is -1.05. The zero-order valence-corrected chi connectivity index (χ0v) is 18.3. The van der Waals surface area contributed by atoms with Crippen LogP contribution in [0.1, 0.15) is 18.4 Å². The van der Waals surface area contributed by atoms with Crippen molar-refractivity contribution in [3.63, 3.8) is 0 Å². The summed E-state index contributed by atoms with van der Waals surface area (Å²) >= 11 is 0. The predicted molar refractivity (Wildman–Crippen MR) is 122 cm³/mol. The Balaban J connectivity index is 1.58. The van der Waals surface area contributed by atoms with Gasteiger partial charge in [-0.2, -0.15) is 0 Å². The minimum absolute atomic E-state index is 0.0322. The number of methoxy groups -OCH3 is 1. The zero-order chi connectivity index (χ0) is 23.4. The van der Waals surface area contributed by atoms with Crippen LogP contribution in [0.5, 0.6) is 0 Å². The summed E-state index contributed by atoms with van der Waals surface area (Å²) in [5, 5.41) is 41.0. The van der Waals surface area contributed by atoms with Crippen LogP contribution in [-0.4, -0.2) is 46.4 Å². The molecule has 3 unspecified atom stereocenters. The molecule has 1 heterocycles. The smallest absolute Gasteiger partial charge is 0.160 e. The zero-order valence-electron chi connectivity index (χ0n) is 18.3. The number of allylic oxidation sites excluding steroid dienone is 6. The topological polar surface area (TPSA) is 109 Å². The van der Waals surface area contributed by atoms with Crippen molar-refractivity contribution in [2.75, 3.05) is 13.7 Å². The van der Waals surface area contributed by atoms with E-state index in [4.69, 9.17) is 14.2 Å². The highest BCUT2D eigenvalue weighted by atomic mass is 16.5. The third-order valence-corrected chi connectivity index (χ3v) is 5.94. The van der Waals surface area contributed by atoms with Crippen molar-refractivity contribution in [2.45, 2.75) is 31.7 Å². The van der Waals surface area contributed by atoms with Gasteiger partial charge in [0.2, 0.25) is 0 Å². The summed E-state index contributed by atoms with van der Waals surface area (Å²) in [6.07, 6.45) is 6.89. The van der Waals surface area contributed by atoms with Gasteiger partial charge in [0, 0.05) is 24.1 Å². The van der Waals surface area contributed by atoms with Crippen LogP contribution in [-0.2, 0) is 20.8 Å². The van der Waals surface area contributed by atoms with E-state index in [0.717, 1.165) is 11.1 Å². The van der Waals surface area contributed by atoms with Crippen LogP contribution in [0.15, 0.2) is 101 Å². The van der Waals surface area contributed by atoms with Crippen LogP contribution in [0, 0.1) is 5.92 Å². The van der Waals surface area contributed by atoms with Crippen LogP contribution >= 0.6 is 0 Å². The second-order valence-corrected chi connectivity index (χ2v) is 8.12. The average molecular weight is 453 g/mol. The number of ether oxygens (including phenoxy) is 3. The molecule has 0 radical (unpaired) electrons. The van der Waals surface area contributed by atoms with Gasteiger partial charge in [0.05, 0.1) is 25.7 Å². The molecule has 0 saturated carbocycles. The molecule has 0 bridgehead atoms. The van der Waals surface area contributed by atoms with Gasteiger partial charge in [0.1, 0.15) is 30.0 Å². The van der Waals surface area contributed by atoms with Crippen molar-refractivity contribution in [2.24, 2.45) is 5.92 Å². The van der Waals surface area contributed by atoms with E-state index in [9.17, 15) is 20.4 Å². The van der Waals surface area contributed by atoms with E-state index in [-0.39, 0.29) is 24.5 Å². The molecule has 1 aromatic carbocycles. The molecule has 3 atom stereocenters. The minimum Gasteiger partial charge on any atom is -0.512 e. The molecule has 3 aliphatic rings. The summed E-state index contributed by atoms with van der Waals surface area (Å²) in [5.74, 6) is 0.538. The number of rotatable bonds is 6. The Hall–Kier alpha value is -3.42. The van der Waals surface area contributed by atoms with E-state index in [1.54, 1.807) is 13.2 Å². The van der Waals surface area contributed by atoms with Gasteiger partial charge >= 0.3 is 0 Å². The quantitative estimate of drug-likeness (QED) is 0.519. The van der Waals surface area contributed by atoms with Gasteiger partial charge in [-0.3, -0.25) is 0 Å². The Morgan fingerprint density at radius 2 is 1.85 bits per heavy atom. The highest BCUT2D eigenvalue weighted by Gasteiger charge is 2.40. The van der Waals surface area contributed by atoms with Gasteiger partial charge in [-0.25, -0.2) is 0 Å². The molecule has 174 valence electrons. The fourth-order valence-corrected chi connectivity index (χ4v) is 4.22. The van der Waals surface area contributed by atoms with Crippen LogP contribution in [0.2, 0.25) is 0 Å². The van der Waals surface area contributed by atoms with Crippen molar-refractivity contribution in [1.82, 2.24) is 0 Å². The van der Waals surface area contributed by atoms with E-state index in [2.05, 4.69) is 0 Å². The normalized spacial score (nSPS) is 25.2. The van der Waals surface area contributed by atoms with Gasteiger partial charge in [0.15, 0.2) is 11.5 Å². The molecule has 4 N–H and O–H groups in total. The molecular formula is C26H28O7. The first-order chi connectivity index (χ1) is 16.0. The lowest BCUT2D eigenvalue weighted by Gasteiger charge is -2.38. The molecule has 7 heteroatoms. The third kappa shape index (κ3) is 4.99. The largest absolute Gasteiger partial charge is 0.512 e. The number of hydrogen-bond acceptors (Lipinski definition) is 7. The van der Waals surface area contributed by atoms with E-state index < -0.39 is 18.1 Å². The Labute approximate surface area is 192 Å². The number of aliphatic hydroxyl groups excluding tert-OH is 4. The summed E-state index contributed by atoms with van der Waals surface area (Å²) in [6.45, 7) is 0.0689. The highest BCUT2D eigenvalue weighted by Crippen LogP contribution is 2.39. The maximum atomic E-state index is 11.0. The molecule has 4 rings (SSSR count). The van der Waals surface area contributed by atoms with Gasteiger partial charge in [-0.1, -0.05) is 36.4 Å². The van der Waals surface area contributed by atoms with E-state index in [1.807, 2.05) is 42.5 Å². The summed E-state index contributed by atoms with van der Waals surface area (Å²) in [5.41, 5.74) is 2.26. The lowest BCUT2D eigenvalue weighted by molar-refractivity contribution is -0.0247. The molecule has 2 aliphatic carbocycles. The Bertz CT molecular complexity index is 1060. The summed E-state index contributed by atoms with van der Waals surface area (Å²) in [7, 11) is 1.57. The molecule has 1 aromatic rings. The molecule has 0 fully saturated rings. The van der Waals surface area contributed by atoms with Crippen molar-refractivity contribution in [1.29, 1.82) is 0 Å². The van der Waals surface area contributed by atoms with Crippen molar-refractivity contribution < 1.29 is 34.6 Å². The summed E-state index contributed by atoms with van der Waals surface area (Å²) < 4.78 is 17.7. The third-order valence-electron chi connectivity index (χ3n) is 5.94. The van der Waals surface area contributed by atoms with Gasteiger partial charge in [-0.05, 0) is 29.7 Å². The Kier molecular flexibility index (Phi) is 6.91. The molecule has 1 aliphatic heterocycles. The predicted octanol–water partition coefficient (Wildman–Crippen LogP) is 3.86. The Morgan fingerprint density at radius 3 is 2.58 bits per heavy atom. The molecule has 0 aromatic heterocycles. The van der Waals surface area contributed by atoms with Crippen LogP contribution in [0.4, 0.5) is 0 Å². The number of aliphatic hydroxyl groups is 4. The SMILES string of the molecule is COC1=CC=C(C2OC3=C(CC(O)=CC(O)=C3)C(O)C2CO)CC=C1OCc1ccccc1. The van der Waals surface area contributed by atoms with Crippen LogP contribution in [0.3, 0.4) is 0 Å². The van der Waals surface area contributed by atoms with Crippen molar-refractivity contribution in [3.8, 4) is 0 Å². The second-order valence-electron chi connectivity index (χ2n) is 8.12. The first-order valence-electron chi connectivity index (χ1n) is 10.8. The number of hydrogen-bond donors (Lipinski definition) is 4. The average Bonchev–Trinajstić information content (AvgIpc) is 3.10. The molecule has 0 amide bonds. The monoisotopic (exact) mass is 452 g/mol. The molecule has 33 heavy (non-hydrogen) atoms. The van der Waals surface area contributed by atoms with Gasteiger partial charge in [-0.15, -0.1) is 0 Å². The molecule has 0 spiro atoms. The maximum absolute atomic E-state index is 11.0.